The Balaban J connectivity index is 2.14. The number of hydrogen-bond acceptors (Lipinski definition) is 8. The molecular weight excluding hydrogens is 418 g/mol. The van der Waals surface area contributed by atoms with E-state index in [1.54, 1.807) is 27.7 Å². The summed E-state index contributed by atoms with van der Waals surface area (Å²) in [6, 6.07) is 8.86. The van der Waals surface area contributed by atoms with E-state index >= 15 is 0 Å². The first kappa shape index (κ1) is 26.1. The SMILES string of the molecule is CCOC1OC(COCc2ccccc2)[C@@H](OC)[C@H](OCC(=O)OC(C)(C)C)C1N=[N+]=[N-]. The number of azide groups is 1. The van der Waals surface area contributed by atoms with Crippen molar-refractivity contribution in [3.05, 3.63) is 46.3 Å². The van der Waals surface area contributed by atoms with E-state index in [0.717, 1.165) is 5.56 Å². The van der Waals surface area contributed by atoms with Gasteiger partial charge in [-0.1, -0.05) is 35.4 Å². The zero-order valence-electron chi connectivity index (χ0n) is 19.3. The van der Waals surface area contributed by atoms with Crippen LogP contribution in [0.1, 0.15) is 33.3 Å². The number of benzene rings is 1. The summed E-state index contributed by atoms with van der Waals surface area (Å²) in [5.74, 6) is -0.539. The van der Waals surface area contributed by atoms with Crippen molar-refractivity contribution >= 4 is 5.97 Å². The summed E-state index contributed by atoms with van der Waals surface area (Å²) in [5.41, 5.74) is 9.45. The first-order valence-corrected chi connectivity index (χ1v) is 10.6. The van der Waals surface area contributed by atoms with Crippen LogP contribution in [-0.4, -0.2) is 69.1 Å². The molecule has 178 valence electrons. The molecule has 0 spiro atoms. The highest BCUT2D eigenvalue weighted by Gasteiger charge is 2.47. The van der Waals surface area contributed by atoms with Crippen molar-refractivity contribution in [2.24, 2.45) is 5.11 Å². The second-order valence-corrected chi connectivity index (χ2v) is 8.26. The van der Waals surface area contributed by atoms with Crippen molar-refractivity contribution in [1.82, 2.24) is 0 Å². The highest BCUT2D eigenvalue weighted by atomic mass is 16.7. The van der Waals surface area contributed by atoms with Crippen LogP contribution in [0.2, 0.25) is 0 Å². The minimum absolute atomic E-state index is 0.187. The predicted octanol–water partition coefficient (Wildman–Crippen LogP) is 3.39. The molecule has 0 saturated carbocycles. The van der Waals surface area contributed by atoms with E-state index < -0.39 is 42.2 Å². The lowest BCUT2D eigenvalue weighted by atomic mass is 9.97. The van der Waals surface area contributed by atoms with Gasteiger partial charge in [0.25, 0.3) is 0 Å². The summed E-state index contributed by atoms with van der Waals surface area (Å²) in [5, 5.41) is 3.81. The van der Waals surface area contributed by atoms with E-state index in [0.29, 0.717) is 13.2 Å². The van der Waals surface area contributed by atoms with Crippen LogP contribution < -0.4 is 0 Å². The Bertz CT molecular complexity index is 750. The third kappa shape index (κ3) is 8.05. The van der Waals surface area contributed by atoms with Crippen LogP contribution in [-0.2, 0) is 39.8 Å². The molecule has 10 nitrogen and oxygen atoms in total. The lowest BCUT2D eigenvalue weighted by Gasteiger charge is -2.44. The van der Waals surface area contributed by atoms with Gasteiger partial charge in [0.05, 0.1) is 13.2 Å². The molecule has 1 saturated heterocycles. The molecule has 2 rings (SSSR count). The number of hydrogen-bond donors (Lipinski definition) is 0. The maximum absolute atomic E-state index is 12.2. The van der Waals surface area contributed by atoms with Crippen molar-refractivity contribution in [2.75, 3.05) is 26.9 Å². The van der Waals surface area contributed by atoms with Gasteiger partial charge in [-0.2, -0.15) is 0 Å². The van der Waals surface area contributed by atoms with Gasteiger partial charge in [0.1, 0.15) is 36.6 Å². The van der Waals surface area contributed by atoms with Gasteiger partial charge in [0.2, 0.25) is 0 Å². The van der Waals surface area contributed by atoms with Crippen molar-refractivity contribution in [3.8, 4) is 0 Å². The van der Waals surface area contributed by atoms with E-state index in [9.17, 15) is 4.79 Å². The Morgan fingerprint density at radius 1 is 1.19 bits per heavy atom. The van der Waals surface area contributed by atoms with Gasteiger partial charge in [-0.15, -0.1) is 0 Å². The molecule has 0 aliphatic carbocycles. The maximum Gasteiger partial charge on any atom is 0.332 e. The molecule has 3 unspecified atom stereocenters. The Labute approximate surface area is 188 Å². The van der Waals surface area contributed by atoms with E-state index in [-0.39, 0.29) is 13.2 Å². The highest BCUT2D eigenvalue weighted by Crippen LogP contribution is 2.29. The molecule has 10 heteroatoms. The molecule has 0 amide bonds. The van der Waals surface area contributed by atoms with Gasteiger partial charge in [-0.05, 0) is 38.8 Å². The zero-order valence-corrected chi connectivity index (χ0v) is 19.3. The molecule has 0 radical (unpaired) electrons. The molecule has 0 aromatic heterocycles. The minimum atomic E-state index is -0.878. The summed E-state index contributed by atoms with van der Waals surface area (Å²) < 4.78 is 34.3. The molecule has 1 heterocycles. The smallest absolute Gasteiger partial charge is 0.332 e. The minimum Gasteiger partial charge on any atom is -0.458 e. The largest absolute Gasteiger partial charge is 0.458 e. The van der Waals surface area contributed by atoms with Crippen LogP contribution in [0.5, 0.6) is 0 Å². The van der Waals surface area contributed by atoms with E-state index in [4.69, 9.17) is 34.0 Å². The Kier molecular flexibility index (Phi) is 10.4. The Hall–Kier alpha value is -2.20. The van der Waals surface area contributed by atoms with Crippen molar-refractivity contribution in [2.45, 2.75) is 70.5 Å². The van der Waals surface area contributed by atoms with Crippen molar-refractivity contribution in [3.63, 3.8) is 0 Å². The quantitative estimate of drug-likeness (QED) is 0.219. The van der Waals surface area contributed by atoms with Gasteiger partial charge < -0.3 is 28.4 Å². The summed E-state index contributed by atoms with van der Waals surface area (Å²) >= 11 is 0. The number of ether oxygens (including phenoxy) is 6. The molecule has 1 aromatic rings. The van der Waals surface area contributed by atoms with Gasteiger partial charge in [0, 0.05) is 18.6 Å². The van der Waals surface area contributed by atoms with Crippen molar-refractivity contribution in [1.29, 1.82) is 0 Å². The number of carbonyl (C=O) groups is 1. The van der Waals surface area contributed by atoms with Crippen LogP contribution in [0.3, 0.4) is 0 Å². The number of methoxy groups -OCH3 is 1. The average Bonchev–Trinajstić information content (AvgIpc) is 2.74. The summed E-state index contributed by atoms with van der Waals surface area (Å²) in [6.07, 6.45) is -2.93. The fraction of sp³-hybridized carbons (Fsp3) is 0.682. The highest BCUT2D eigenvalue weighted by molar-refractivity contribution is 5.71. The van der Waals surface area contributed by atoms with Crippen molar-refractivity contribution < 1.29 is 33.2 Å². The first-order chi connectivity index (χ1) is 15.3. The predicted molar refractivity (Wildman–Crippen MR) is 116 cm³/mol. The lowest BCUT2D eigenvalue weighted by molar-refractivity contribution is -0.278. The van der Waals surface area contributed by atoms with Crippen LogP contribution in [0.25, 0.3) is 10.4 Å². The molecule has 1 aromatic carbocycles. The third-order valence-corrected chi connectivity index (χ3v) is 4.61. The fourth-order valence-electron chi connectivity index (χ4n) is 3.39. The van der Waals surface area contributed by atoms with Gasteiger partial charge in [0.15, 0.2) is 6.29 Å². The molecule has 32 heavy (non-hydrogen) atoms. The number of rotatable bonds is 11. The average molecular weight is 452 g/mol. The Morgan fingerprint density at radius 2 is 1.91 bits per heavy atom. The molecule has 5 atom stereocenters. The normalized spacial score (nSPS) is 25.7. The van der Waals surface area contributed by atoms with E-state index in [1.165, 1.54) is 7.11 Å². The summed E-state index contributed by atoms with van der Waals surface area (Å²) in [7, 11) is 1.50. The molecular formula is C22H33N3O7. The second kappa shape index (κ2) is 12.7. The Morgan fingerprint density at radius 3 is 2.50 bits per heavy atom. The molecule has 1 aliphatic rings. The van der Waals surface area contributed by atoms with Gasteiger partial charge in [-0.25, -0.2) is 4.79 Å². The summed E-state index contributed by atoms with van der Waals surface area (Å²) in [4.78, 5) is 15.1. The zero-order chi connectivity index (χ0) is 23.6. The first-order valence-electron chi connectivity index (χ1n) is 10.6. The molecule has 0 bridgehead atoms. The molecule has 1 fully saturated rings. The monoisotopic (exact) mass is 451 g/mol. The topological polar surface area (TPSA) is 121 Å². The fourth-order valence-corrected chi connectivity index (χ4v) is 3.39. The maximum atomic E-state index is 12.2. The molecule has 1 aliphatic heterocycles. The van der Waals surface area contributed by atoms with Gasteiger partial charge in [-0.3, -0.25) is 0 Å². The third-order valence-electron chi connectivity index (χ3n) is 4.61. The number of nitrogens with zero attached hydrogens (tertiary/aromatic N) is 3. The summed E-state index contributed by atoms with van der Waals surface area (Å²) in [6.45, 7) is 7.68. The molecule has 0 N–H and O–H groups in total. The van der Waals surface area contributed by atoms with Crippen LogP contribution in [0.15, 0.2) is 35.4 Å². The lowest BCUT2D eigenvalue weighted by Crippen LogP contribution is -2.60. The van der Waals surface area contributed by atoms with E-state index in [1.807, 2.05) is 30.3 Å². The van der Waals surface area contributed by atoms with Crippen LogP contribution >= 0.6 is 0 Å². The number of carbonyl (C=O) groups excluding carboxylic acids is 1. The van der Waals surface area contributed by atoms with E-state index in [2.05, 4.69) is 10.0 Å². The number of esters is 1. The van der Waals surface area contributed by atoms with Crippen LogP contribution in [0, 0.1) is 0 Å². The second-order valence-electron chi connectivity index (χ2n) is 8.26. The van der Waals surface area contributed by atoms with Gasteiger partial charge >= 0.3 is 5.97 Å². The standard InChI is InChI=1S/C22H33N3O7/c1-6-29-21-18(24-25-23)20(30-14-17(26)32-22(2,3)4)19(27-5)16(31-21)13-28-12-15-10-8-7-9-11-15/h7-11,16,18-21H,6,12-14H2,1-5H3/t16?,18?,19-,20-,21?/m1/s1. The van der Waals surface area contributed by atoms with Crippen LogP contribution in [0.4, 0.5) is 0 Å².